The van der Waals surface area contributed by atoms with Crippen LogP contribution >= 0.6 is 0 Å². The first-order valence-electron chi connectivity index (χ1n) is 11.7. The van der Waals surface area contributed by atoms with E-state index in [1.807, 2.05) is 0 Å². The molecule has 0 spiro atoms. The molecule has 5 N–H and O–H groups in total. The van der Waals surface area contributed by atoms with Crippen LogP contribution in [-0.2, 0) is 19.6 Å². The molecule has 1 saturated heterocycles. The molecule has 1 unspecified atom stereocenters. The molecule has 0 aliphatic carbocycles. The van der Waals surface area contributed by atoms with Gasteiger partial charge in [0.15, 0.2) is 29.3 Å². The van der Waals surface area contributed by atoms with E-state index in [1.165, 1.54) is 52.8 Å². The lowest BCUT2D eigenvalue weighted by Gasteiger charge is -2.16. The van der Waals surface area contributed by atoms with Gasteiger partial charge in [-0.05, 0) is 31.2 Å². The van der Waals surface area contributed by atoms with Crippen molar-refractivity contribution in [2.24, 2.45) is 0 Å². The molecule has 4 atom stereocenters. The van der Waals surface area contributed by atoms with E-state index in [-0.39, 0.29) is 21.9 Å². The number of aliphatic hydroxyl groups excluding tert-OH is 2. The number of aliphatic hydroxyl groups is 2. The van der Waals surface area contributed by atoms with Crippen LogP contribution in [0.2, 0.25) is 0 Å². The van der Waals surface area contributed by atoms with Crippen molar-refractivity contribution in [2.45, 2.75) is 43.3 Å². The number of nitrogens with one attached hydrogen (secondary N) is 3. The number of aromatic nitrogens is 4. The Hall–Kier alpha value is -3.70. The monoisotopic (exact) mass is 548 g/mol. The fraction of sp³-hybridized carbons (Fsp3) is 0.409. The van der Waals surface area contributed by atoms with Crippen molar-refractivity contribution in [3.05, 3.63) is 36.9 Å². The van der Waals surface area contributed by atoms with Crippen molar-refractivity contribution in [3.8, 4) is 0 Å². The molecule has 3 amide bonds. The second kappa shape index (κ2) is 11.0. The number of likely N-dealkylation sites (N-methyl/N-ethyl adjacent to an activating group) is 1. The number of nitrogens with zero attached hydrogens (tertiary/aromatic N) is 5. The number of hydrogen-bond donors (Lipinski definition) is 5. The minimum atomic E-state index is -3.62. The highest BCUT2D eigenvalue weighted by molar-refractivity contribution is 7.89. The summed E-state index contributed by atoms with van der Waals surface area (Å²) >= 11 is 0. The Morgan fingerprint density at radius 3 is 2.45 bits per heavy atom. The normalized spacial score (nSPS) is 21.5. The second-order valence-corrected chi connectivity index (χ2v) is 10.4. The van der Waals surface area contributed by atoms with Gasteiger partial charge in [0.05, 0.1) is 11.2 Å². The van der Waals surface area contributed by atoms with E-state index in [1.54, 1.807) is 13.8 Å². The van der Waals surface area contributed by atoms with E-state index in [4.69, 9.17) is 4.74 Å². The van der Waals surface area contributed by atoms with Crippen molar-refractivity contribution < 1.29 is 33.0 Å². The second-order valence-electron chi connectivity index (χ2n) is 8.39. The lowest BCUT2D eigenvalue weighted by Crippen LogP contribution is -2.42. The van der Waals surface area contributed by atoms with Crippen LogP contribution < -0.4 is 16.0 Å². The molecule has 0 radical (unpaired) electrons. The Morgan fingerprint density at radius 1 is 1.08 bits per heavy atom. The largest absolute Gasteiger partial charge is 0.387 e. The number of rotatable bonds is 8. The van der Waals surface area contributed by atoms with Crippen LogP contribution in [-0.4, -0.2) is 92.8 Å². The third-order valence-corrected chi connectivity index (χ3v) is 7.92. The summed E-state index contributed by atoms with van der Waals surface area (Å²) < 4.78 is 33.0. The number of anilines is 2. The summed E-state index contributed by atoms with van der Waals surface area (Å²) in [6.07, 6.45) is -2.92. The summed E-state index contributed by atoms with van der Waals surface area (Å²) in [4.78, 5) is 37.3. The number of amides is 3. The molecule has 38 heavy (non-hydrogen) atoms. The summed E-state index contributed by atoms with van der Waals surface area (Å²) in [5, 5.41) is 28.5. The van der Waals surface area contributed by atoms with Gasteiger partial charge in [0.25, 0.3) is 5.91 Å². The Morgan fingerprint density at radius 2 is 1.79 bits per heavy atom. The number of ether oxygens (including phenoxy) is 1. The average Bonchev–Trinajstić information content (AvgIpc) is 3.45. The third-order valence-electron chi connectivity index (χ3n) is 5.98. The molecule has 3 aromatic rings. The Balaban J connectivity index is 1.49. The van der Waals surface area contributed by atoms with Crippen molar-refractivity contribution in [1.82, 2.24) is 29.1 Å². The molecule has 0 bridgehead atoms. The molecule has 4 rings (SSSR count). The lowest BCUT2D eigenvalue weighted by molar-refractivity contribution is -0.137. The van der Waals surface area contributed by atoms with Crippen LogP contribution in [0, 0.1) is 0 Å². The van der Waals surface area contributed by atoms with E-state index in [2.05, 4.69) is 30.9 Å². The molecule has 1 fully saturated rings. The van der Waals surface area contributed by atoms with Crippen LogP contribution in [0.25, 0.3) is 11.2 Å². The Kier molecular flexibility index (Phi) is 7.89. The highest BCUT2D eigenvalue weighted by atomic mass is 32.2. The van der Waals surface area contributed by atoms with Crippen LogP contribution in [0.15, 0.2) is 41.8 Å². The topological polar surface area (TPSA) is 201 Å². The van der Waals surface area contributed by atoms with Gasteiger partial charge in [-0.3, -0.25) is 14.7 Å². The fourth-order valence-corrected chi connectivity index (χ4v) is 5.02. The zero-order valence-electron chi connectivity index (χ0n) is 20.8. The maximum atomic E-state index is 12.6. The van der Waals surface area contributed by atoms with Gasteiger partial charge in [-0.25, -0.2) is 32.5 Å². The minimum absolute atomic E-state index is 0.0447. The molecule has 0 saturated carbocycles. The standard InChI is InChI=1S/C22H28N8O7S/c1-4-23-20(33)17-15(31)16(32)21(37-17)30-11-26-14-18(24-10-25-19(14)30)28-22(34)27-12-6-8-13(9-7-12)38(35,36)29(3)5-2/h6-11,15-17,21,31-32H,4-5H2,1-3H3,(H,23,33)(H2,24,25,27,28,34)/t15?,16-,17-,21+/m0/s1. The van der Waals surface area contributed by atoms with Gasteiger partial charge in [-0.15, -0.1) is 0 Å². The highest BCUT2D eigenvalue weighted by Crippen LogP contribution is 2.32. The molecule has 3 heterocycles. The number of fused-ring (bicyclic) bond motifs is 1. The van der Waals surface area contributed by atoms with Crippen molar-refractivity contribution in [2.75, 3.05) is 30.8 Å². The zero-order valence-corrected chi connectivity index (χ0v) is 21.6. The van der Waals surface area contributed by atoms with Crippen LogP contribution in [0.4, 0.5) is 16.3 Å². The summed E-state index contributed by atoms with van der Waals surface area (Å²) in [5.41, 5.74) is 0.681. The third kappa shape index (κ3) is 5.16. The van der Waals surface area contributed by atoms with Crippen molar-refractivity contribution >= 4 is 44.6 Å². The van der Waals surface area contributed by atoms with E-state index < -0.39 is 46.5 Å². The van der Waals surface area contributed by atoms with E-state index in [9.17, 15) is 28.2 Å². The van der Waals surface area contributed by atoms with Crippen LogP contribution in [0.3, 0.4) is 0 Å². The molecule has 1 aliphatic rings. The number of carbonyl (C=O) groups is 2. The predicted octanol–water partition coefficient (Wildman–Crippen LogP) is -0.134. The van der Waals surface area contributed by atoms with Gasteiger partial charge >= 0.3 is 6.03 Å². The van der Waals surface area contributed by atoms with Gasteiger partial charge < -0.3 is 25.6 Å². The SMILES string of the molecule is CCNC(=O)[C@H]1O[C@@H](n2cnc3c(NC(=O)Nc4ccc(S(=O)(=O)N(C)CC)cc4)ncnc32)[C@@H](O)C1O. The number of benzene rings is 1. The number of carbonyl (C=O) groups excluding carboxylic acids is 2. The summed E-state index contributed by atoms with van der Waals surface area (Å²) in [7, 11) is -2.15. The average molecular weight is 549 g/mol. The van der Waals surface area contributed by atoms with E-state index in [0.717, 1.165) is 0 Å². The Labute approximate surface area is 217 Å². The van der Waals surface area contributed by atoms with Crippen LogP contribution in [0.5, 0.6) is 0 Å². The summed E-state index contributed by atoms with van der Waals surface area (Å²) in [6, 6.07) is 5.00. The highest BCUT2D eigenvalue weighted by Gasteiger charge is 2.47. The lowest BCUT2D eigenvalue weighted by atomic mass is 10.1. The molecule has 1 aromatic carbocycles. The maximum Gasteiger partial charge on any atom is 0.324 e. The van der Waals surface area contributed by atoms with E-state index >= 15 is 0 Å². The van der Waals surface area contributed by atoms with E-state index in [0.29, 0.717) is 18.8 Å². The number of urea groups is 1. The predicted molar refractivity (Wildman–Crippen MR) is 135 cm³/mol. The molecule has 1 aliphatic heterocycles. The van der Waals surface area contributed by atoms with Gasteiger partial charge in [-0.2, -0.15) is 0 Å². The van der Waals surface area contributed by atoms with Crippen molar-refractivity contribution in [3.63, 3.8) is 0 Å². The smallest absolute Gasteiger partial charge is 0.324 e. The van der Waals surface area contributed by atoms with Gasteiger partial charge in [-0.1, -0.05) is 6.92 Å². The first-order valence-corrected chi connectivity index (χ1v) is 13.1. The zero-order chi connectivity index (χ0) is 27.6. The summed E-state index contributed by atoms with van der Waals surface area (Å²) in [5.74, 6) is -0.522. The quantitative estimate of drug-likeness (QED) is 0.252. The van der Waals surface area contributed by atoms with Gasteiger partial charge in [0.2, 0.25) is 10.0 Å². The molecule has 204 valence electrons. The van der Waals surface area contributed by atoms with Gasteiger partial charge in [0, 0.05) is 25.8 Å². The number of imidazole rings is 1. The van der Waals surface area contributed by atoms with Crippen LogP contribution in [0.1, 0.15) is 20.1 Å². The molecule has 16 heteroatoms. The van der Waals surface area contributed by atoms with Gasteiger partial charge in [0.1, 0.15) is 18.5 Å². The summed E-state index contributed by atoms with van der Waals surface area (Å²) in [6.45, 7) is 4.07. The number of sulfonamides is 1. The maximum absolute atomic E-state index is 12.6. The fourth-order valence-electron chi connectivity index (χ4n) is 3.84. The Bertz CT molecular complexity index is 1430. The molecular weight excluding hydrogens is 520 g/mol. The molecule has 15 nitrogen and oxygen atoms in total. The van der Waals surface area contributed by atoms with Crippen molar-refractivity contribution in [1.29, 1.82) is 0 Å². The first-order chi connectivity index (χ1) is 18.1. The molecule has 2 aromatic heterocycles. The molecular formula is C22H28N8O7S. The minimum Gasteiger partial charge on any atom is -0.387 e. The first kappa shape index (κ1) is 27.3. The number of hydrogen-bond acceptors (Lipinski definition) is 10.